The average molecular weight is 250 g/mol. The first-order chi connectivity index (χ1) is 8.86. The normalized spacial score (nSPS) is 23.7. The van der Waals surface area contributed by atoms with Crippen molar-refractivity contribution in [2.24, 2.45) is 0 Å². The van der Waals surface area contributed by atoms with Gasteiger partial charge in [0.1, 0.15) is 0 Å². The summed E-state index contributed by atoms with van der Waals surface area (Å²) in [4.78, 5) is 14.6. The molecule has 0 bridgehead atoms. The highest BCUT2D eigenvalue weighted by atomic mass is 16.1. The minimum absolute atomic E-state index is 0.374. The minimum atomic E-state index is 0.374. The van der Waals surface area contributed by atoms with Crippen LogP contribution >= 0.6 is 0 Å². The highest BCUT2D eigenvalue weighted by molar-refractivity contribution is 5.96. The van der Waals surface area contributed by atoms with E-state index in [1.54, 1.807) is 0 Å². The van der Waals surface area contributed by atoms with Gasteiger partial charge in [0.05, 0.1) is 6.54 Å². The van der Waals surface area contributed by atoms with Gasteiger partial charge in [-0.25, -0.2) is 0 Å². The Bertz CT molecular complexity index is 291. The summed E-state index contributed by atoms with van der Waals surface area (Å²) in [6.07, 6.45) is 10.5. The summed E-state index contributed by atoms with van der Waals surface area (Å²) < 4.78 is 0. The molecule has 1 fully saturated rings. The molecule has 18 heavy (non-hydrogen) atoms. The third-order valence-corrected chi connectivity index (χ3v) is 3.95. The van der Waals surface area contributed by atoms with Crippen LogP contribution in [0.1, 0.15) is 44.9 Å². The monoisotopic (exact) mass is 250 g/mol. The van der Waals surface area contributed by atoms with Crippen LogP contribution in [-0.2, 0) is 4.79 Å². The lowest BCUT2D eigenvalue weighted by Gasteiger charge is -2.19. The summed E-state index contributed by atoms with van der Waals surface area (Å²) in [5.74, 6) is 0.374. The van der Waals surface area contributed by atoms with Crippen molar-refractivity contribution in [3.8, 4) is 0 Å². The van der Waals surface area contributed by atoms with E-state index in [0.717, 1.165) is 51.0 Å². The Morgan fingerprint density at radius 1 is 1.11 bits per heavy atom. The SMILES string of the molecule is O=C(CN1CCCNCC1)C1=CCCCCCC1. The number of rotatable bonds is 3. The summed E-state index contributed by atoms with van der Waals surface area (Å²) in [5, 5.41) is 3.38. The Labute approximate surface area is 111 Å². The first-order valence-electron chi connectivity index (χ1n) is 7.51. The summed E-state index contributed by atoms with van der Waals surface area (Å²) in [5.41, 5.74) is 1.10. The van der Waals surface area contributed by atoms with Crippen molar-refractivity contribution in [3.63, 3.8) is 0 Å². The van der Waals surface area contributed by atoms with E-state index in [4.69, 9.17) is 0 Å². The Balaban J connectivity index is 1.84. The molecule has 0 aromatic rings. The van der Waals surface area contributed by atoms with E-state index >= 15 is 0 Å². The molecule has 102 valence electrons. The van der Waals surface area contributed by atoms with Crippen molar-refractivity contribution in [3.05, 3.63) is 11.6 Å². The van der Waals surface area contributed by atoms with E-state index in [9.17, 15) is 4.79 Å². The number of Topliss-reactive ketones (excluding diaryl/α,β-unsaturated/α-hetero) is 1. The van der Waals surface area contributed by atoms with Crippen LogP contribution in [0, 0.1) is 0 Å². The number of hydrogen-bond acceptors (Lipinski definition) is 3. The summed E-state index contributed by atoms with van der Waals surface area (Å²) in [6, 6.07) is 0. The third kappa shape index (κ3) is 4.54. The van der Waals surface area contributed by atoms with Crippen LogP contribution in [0.5, 0.6) is 0 Å². The first kappa shape index (κ1) is 13.8. The minimum Gasteiger partial charge on any atom is -0.315 e. The molecule has 1 heterocycles. The average Bonchev–Trinajstić information content (AvgIpc) is 2.57. The Morgan fingerprint density at radius 2 is 2.00 bits per heavy atom. The number of hydrogen-bond donors (Lipinski definition) is 1. The van der Waals surface area contributed by atoms with Gasteiger partial charge < -0.3 is 5.32 Å². The molecule has 3 heteroatoms. The van der Waals surface area contributed by atoms with Crippen molar-refractivity contribution in [1.29, 1.82) is 0 Å². The Kier molecular flexibility index (Phi) is 5.88. The van der Waals surface area contributed by atoms with Crippen LogP contribution < -0.4 is 5.32 Å². The maximum Gasteiger partial charge on any atom is 0.172 e. The highest BCUT2D eigenvalue weighted by Crippen LogP contribution is 2.18. The van der Waals surface area contributed by atoms with Gasteiger partial charge in [-0.3, -0.25) is 9.69 Å². The molecule has 2 rings (SSSR count). The maximum absolute atomic E-state index is 12.3. The van der Waals surface area contributed by atoms with E-state index in [-0.39, 0.29) is 0 Å². The predicted octanol–water partition coefficient (Wildman–Crippen LogP) is 2.13. The molecule has 2 aliphatic rings. The van der Waals surface area contributed by atoms with Crippen molar-refractivity contribution >= 4 is 5.78 Å². The van der Waals surface area contributed by atoms with Crippen LogP contribution in [0.25, 0.3) is 0 Å². The van der Waals surface area contributed by atoms with Crippen molar-refractivity contribution < 1.29 is 4.79 Å². The number of nitrogens with one attached hydrogen (secondary N) is 1. The second kappa shape index (κ2) is 7.70. The summed E-state index contributed by atoms with van der Waals surface area (Å²) in [7, 11) is 0. The van der Waals surface area contributed by atoms with E-state index in [1.807, 2.05) is 0 Å². The zero-order valence-electron chi connectivity index (χ0n) is 11.4. The van der Waals surface area contributed by atoms with Gasteiger partial charge in [0.15, 0.2) is 5.78 Å². The fraction of sp³-hybridized carbons (Fsp3) is 0.800. The molecule has 0 spiro atoms. The fourth-order valence-corrected chi connectivity index (χ4v) is 2.81. The molecular formula is C15H26N2O. The molecule has 0 aromatic heterocycles. The number of nitrogens with zero attached hydrogens (tertiary/aromatic N) is 1. The van der Waals surface area contributed by atoms with Gasteiger partial charge in [0.2, 0.25) is 0 Å². The van der Waals surface area contributed by atoms with Gasteiger partial charge >= 0.3 is 0 Å². The molecule has 1 aliphatic heterocycles. The van der Waals surface area contributed by atoms with Crippen LogP contribution in [-0.4, -0.2) is 43.4 Å². The second-order valence-corrected chi connectivity index (χ2v) is 5.49. The lowest BCUT2D eigenvalue weighted by molar-refractivity contribution is -0.116. The van der Waals surface area contributed by atoms with Gasteiger partial charge in [-0.15, -0.1) is 0 Å². The maximum atomic E-state index is 12.3. The number of ketones is 1. The molecular weight excluding hydrogens is 224 g/mol. The predicted molar refractivity (Wildman–Crippen MR) is 74.7 cm³/mol. The van der Waals surface area contributed by atoms with Crippen molar-refractivity contribution in [2.45, 2.75) is 44.9 Å². The third-order valence-electron chi connectivity index (χ3n) is 3.95. The smallest absolute Gasteiger partial charge is 0.172 e. The Hall–Kier alpha value is -0.670. The molecule has 0 aromatic carbocycles. The lowest BCUT2D eigenvalue weighted by Crippen LogP contribution is -2.33. The van der Waals surface area contributed by atoms with Gasteiger partial charge in [0.25, 0.3) is 0 Å². The first-order valence-corrected chi connectivity index (χ1v) is 7.51. The molecule has 0 radical (unpaired) electrons. The molecule has 1 N–H and O–H groups in total. The molecule has 0 saturated carbocycles. The standard InChI is InChI=1S/C15H26N2O/c18-15(13-17-11-6-9-16-10-12-17)14-7-4-2-1-3-5-8-14/h7,16H,1-6,8-13H2. The van der Waals surface area contributed by atoms with E-state index in [0.29, 0.717) is 12.3 Å². The number of carbonyl (C=O) groups is 1. The molecule has 0 atom stereocenters. The fourth-order valence-electron chi connectivity index (χ4n) is 2.81. The van der Waals surface area contributed by atoms with Crippen LogP contribution in [0.15, 0.2) is 11.6 Å². The highest BCUT2D eigenvalue weighted by Gasteiger charge is 2.16. The molecule has 3 nitrogen and oxygen atoms in total. The molecule has 0 amide bonds. The second-order valence-electron chi connectivity index (χ2n) is 5.49. The van der Waals surface area contributed by atoms with Crippen LogP contribution in [0.3, 0.4) is 0 Å². The quantitative estimate of drug-likeness (QED) is 0.833. The Morgan fingerprint density at radius 3 is 2.94 bits per heavy atom. The number of carbonyl (C=O) groups excluding carboxylic acids is 1. The molecule has 1 saturated heterocycles. The van der Waals surface area contributed by atoms with E-state index in [2.05, 4.69) is 16.3 Å². The number of allylic oxidation sites excluding steroid dienone is 1. The van der Waals surface area contributed by atoms with E-state index in [1.165, 1.54) is 25.7 Å². The van der Waals surface area contributed by atoms with Crippen molar-refractivity contribution in [1.82, 2.24) is 10.2 Å². The largest absolute Gasteiger partial charge is 0.315 e. The zero-order chi connectivity index (χ0) is 12.6. The topological polar surface area (TPSA) is 32.3 Å². The zero-order valence-corrected chi connectivity index (χ0v) is 11.4. The van der Waals surface area contributed by atoms with Gasteiger partial charge in [-0.05, 0) is 50.8 Å². The van der Waals surface area contributed by atoms with Gasteiger partial charge in [-0.1, -0.05) is 18.9 Å². The summed E-state index contributed by atoms with van der Waals surface area (Å²) >= 11 is 0. The molecule has 0 unspecified atom stereocenters. The van der Waals surface area contributed by atoms with E-state index < -0.39 is 0 Å². The molecule has 1 aliphatic carbocycles. The van der Waals surface area contributed by atoms with Gasteiger partial charge in [-0.2, -0.15) is 0 Å². The van der Waals surface area contributed by atoms with Gasteiger partial charge in [0, 0.05) is 13.1 Å². The lowest BCUT2D eigenvalue weighted by atomic mass is 9.97. The van der Waals surface area contributed by atoms with Crippen molar-refractivity contribution in [2.75, 3.05) is 32.7 Å². The summed E-state index contributed by atoms with van der Waals surface area (Å²) in [6.45, 7) is 4.82. The van der Waals surface area contributed by atoms with Crippen LogP contribution in [0.4, 0.5) is 0 Å². The van der Waals surface area contributed by atoms with Crippen LogP contribution in [0.2, 0.25) is 0 Å².